The van der Waals surface area contributed by atoms with Gasteiger partial charge < -0.3 is 10.1 Å². The zero-order valence-corrected chi connectivity index (χ0v) is 12.2. The summed E-state index contributed by atoms with van der Waals surface area (Å²) in [5.41, 5.74) is 0.603. The fourth-order valence-corrected chi connectivity index (χ4v) is 2.01. The summed E-state index contributed by atoms with van der Waals surface area (Å²) in [7, 11) is 0. The lowest BCUT2D eigenvalue weighted by molar-refractivity contribution is -0.384. The van der Waals surface area contributed by atoms with E-state index < -0.39 is 16.9 Å². The molecule has 2 rings (SSSR count). The predicted octanol–water partition coefficient (Wildman–Crippen LogP) is 0.970. The molecule has 0 bridgehead atoms. The Morgan fingerprint density at radius 3 is 2.57 bits per heavy atom. The molecule has 0 unspecified atom stereocenters. The lowest BCUT2D eigenvalue weighted by Gasteiger charge is -2.11. The van der Waals surface area contributed by atoms with Crippen molar-refractivity contribution >= 4 is 23.6 Å². The fourth-order valence-electron chi connectivity index (χ4n) is 2.01. The van der Waals surface area contributed by atoms with Crippen LogP contribution in [0.5, 0.6) is 0 Å². The number of urea groups is 1. The topological polar surface area (TPSA) is 119 Å². The number of amides is 3. The molecule has 0 spiro atoms. The number of hydrogen-bond donors (Lipinski definition) is 1. The quantitative estimate of drug-likeness (QED) is 0.346. The van der Waals surface area contributed by atoms with E-state index in [0.717, 1.165) is 4.90 Å². The van der Waals surface area contributed by atoms with Crippen molar-refractivity contribution in [3.05, 3.63) is 39.9 Å². The first kappa shape index (κ1) is 16.4. The van der Waals surface area contributed by atoms with Gasteiger partial charge in [0.2, 0.25) is 5.91 Å². The zero-order valence-electron chi connectivity index (χ0n) is 12.2. The molecule has 0 saturated carbocycles. The Labute approximate surface area is 131 Å². The Hall–Kier alpha value is -2.97. The number of imide groups is 1. The van der Waals surface area contributed by atoms with Crippen LogP contribution < -0.4 is 5.32 Å². The van der Waals surface area contributed by atoms with Crippen molar-refractivity contribution in [2.45, 2.75) is 19.4 Å². The van der Waals surface area contributed by atoms with E-state index >= 15 is 0 Å². The Bertz CT molecular complexity index is 612. The zero-order chi connectivity index (χ0) is 16.8. The molecular formula is C14H15N3O6. The third-order valence-corrected chi connectivity index (χ3v) is 3.25. The first-order chi connectivity index (χ1) is 11.0. The average Bonchev–Trinajstić information content (AvgIpc) is 2.85. The van der Waals surface area contributed by atoms with Crippen molar-refractivity contribution in [3.63, 3.8) is 0 Å². The van der Waals surface area contributed by atoms with Crippen LogP contribution in [0, 0.1) is 10.1 Å². The van der Waals surface area contributed by atoms with Gasteiger partial charge in [0, 0.05) is 25.1 Å². The van der Waals surface area contributed by atoms with Gasteiger partial charge in [-0.2, -0.15) is 0 Å². The molecule has 1 heterocycles. The van der Waals surface area contributed by atoms with Gasteiger partial charge in [0.25, 0.3) is 5.69 Å². The lowest BCUT2D eigenvalue weighted by atomic mass is 10.2. The Morgan fingerprint density at radius 2 is 2.00 bits per heavy atom. The molecule has 9 heteroatoms. The SMILES string of the molecule is O=C(CCCN1C(=O)CNC1=O)OCc1ccc([N+](=O)[O-])cc1. The van der Waals surface area contributed by atoms with Crippen molar-refractivity contribution in [1.29, 1.82) is 0 Å². The predicted molar refractivity (Wildman–Crippen MR) is 77.2 cm³/mol. The lowest BCUT2D eigenvalue weighted by Crippen LogP contribution is -2.32. The smallest absolute Gasteiger partial charge is 0.324 e. The minimum absolute atomic E-state index is 0.0105. The van der Waals surface area contributed by atoms with Crippen molar-refractivity contribution in [1.82, 2.24) is 10.2 Å². The standard InChI is InChI=1S/C14H15N3O6/c18-12-8-15-14(20)16(12)7-1-2-13(19)23-9-10-3-5-11(6-4-10)17(21)22/h3-6H,1-2,7-9H2,(H,15,20). The van der Waals surface area contributed by atoms with E-state index in [1.54, 1.807) is 0 Å². The average molecular weight is 321 g/mol. The molecule has 9 nitrogen and oxygen atoms in total. The highest BCUT2D eigenvalue weighted by molar-refractivity contribution is 6.01. The molecule has 1 aliphatic heterocycles. The van der Waals surface area contributed by atoms with Gasteiger partial charge in [0.15, 0.2) is 0 Å². The summed E-state index contributed by atoms with van der Waals surface area (Å²) in [5, 5.41) is 12.9. The van der Waals surface area contributed by atoms with Gasteiger partial charge in [0.1, 0.15) is 6.61 Å². The van der Waals surface area contributed by atoms with Gasteiger partial charge >= 0.3 is 12.0 Å². The summed E-state index contributed by atoms with van der Waals surface area (Å²) in [6.07, 6.45) is 0.391. The molecule has 122 valence electrons. The highest BCUT2D eigenvalue weighted by Gasteiger charge is 2.27. The van der Waals surface area contributed by atoms with E-state index in [1.165, 1.54) is 24.3 Å². The van der Waals surface area contributed by atoms with Gasteiger partial charge in [0.05, 0.1) is 11.5 Å². The van der Waals surface area contributed by atoms with Gasteiger partial charge in [-0.25, -0.2) is 4.79 Å². The number of nitrogens with one attached hydrogen (secondary N) is 1. The Balaban J connectivity index is 1.69. The number of esters is 1. The van der Waals surface area contributed by atoms with Gasteiger partial charge in [-0.15, -0.1) is 0 Å². The third-order valence-electron chi connectivity index (χ3n) is 3.25. The summed E-state index contributed by atoms with van der Waals surface area (Å²) >= 11 is 0. The van der Waals surface area contributed by atoms with Gasteiger partial charge in [-0.05, 0) is 24.1 Å². The minimum Gasteiger partial charge on any atom is -0.461 e. The number of ether oxygens (including phenoxy) is 1. The van der Waals surface area contributed by atoms with Crippen molar-refractivity contribution in [3.8, 4) is 0 Å². The molecule has 0 aliphatic carbocycles. The van der Waals surface area contributed by atoms with E-state index in [4.69, 9.17) is 4.74 Å². The number of non-ortho nitro benzene ring substituents is 1. The maximum absolute atomic E-state index is 11.6. The largest absolute Gasteiger partial charge is 0.461 e. The minimum atomic E-state index is -0.508. The molecule has 0 atom stereocenters. The normalized spacial score (nSPS) is 13.8. The summed E-state index contributed by atoms with van der Waals surface area (Å²) in [4.78, 5) is 45.3. The molecule has 0 aromatic heterocycles. The molecule has 23 heavy (non-hydrogen) atoms. The van der Waals surface area contributed by atoms with E-state index in [0.29, 0.717) is 12.0 Å². The number of nitrogens with zero attached hydrogens (tertiary/aromatic N) is 2. The van der Waals surface area contributed by atoms with Crippen molar-refractivity contribution < 1.29 is 24.0 Å². The highest BCUT2D eigenvalue weighted by Crippen LogP contribution is 2.13. The van der Waals surface area contributed by atoms with Crippen molar-refractivity contribution in [2.24, 2.45) is 0 Å². The second-order valence-electron chi connectivity index (χ2n) is 4.89. The van der Waals surface area contributed by atoms with Crippen LogP contribution in [-0.2, 0) is 20.9 Å². The van der Waals surface area contributed by atoms with Crippen LogP contribution in [0.1, 0.15) is 18.4 Å². The van der Waals surface area contributed by atoms with Crippen LogP contribution in [0.25, 0.3) is 0 Å². The van der Waals surface area contributed by atoms with Gasteiger partial charge in [-0.3, -0.25) is 24.6 Å². The number of benzene rings is 1. The van der Waals surface area contributed by atoms with E-state index in [2.05, 4.69) is 5.32 Å². The molecule has 1 N–H and O–H groups in total. The molecule has 1 aliphatic rings. The maximum Gasteiger partial charge on any atom is 0.324 e. The number of rotatable bonds is 7. The Kier molecular flexibility index (Phi) is 5.23. The summed E-state index contributed by atoms with van der Waals surface area (Å²) in [6.45, 7) is 0.167. The first-order valence-corrected chi connectivity index (χ1v) is 6.94. The van der Waals surface area contributed by atoms with Crippen LogP contribution in [0.4, 0.5) is 10.5 Å². The monoisotopic (exact) mass is 321 g/mol. The van der Waals surface area contributed by atoms with Crippen LogP contribution in [0.15, 0.2) is 24.3 Å². The van der Waals surface area contributed by atoms with E-state index in [-0.39, 0.29) is 37.7 Å². The van der Waals surface area contributed by atoms with E-state index in [9.17, 15) is 24.5 Å². The highest BCUT2D eigenvalue weighted by atomic mass is 16.6. The fraction of sp³-hybridized carbons (Fsp3) is 0.357. The number of hydrogen-bond acceptors (Lipinski definition) is 6. The summed E-state index contributed by atoms with van der Waals surface area (Å²) in [6, 6.07) is 5.24. The number of nitro benzene ring substituents is 1. The molecule has 1 aromatic carbocycles. The van der Waals surface area contributed by atoms with Gasteiger partial charge in [-0.1, -0.05) is 0 Å². The molecule has 1 aromatic rings. The second-order valence-corrected chi connectivity index (χ2v) is 4.89. The maximum atomic E-state index is 11.6. The van der Waals surface area contributed by atoms with Crippen LogP contribution >= 0.6 is 0 Å². The van der Waals surface area contributed by atoms with Crippen LogP contribution in [0.2, 0.25) is 0 Å². The summed E-state index contributed by atoms with van der Waals surface area (Å²) < 4.78 is 5.03. The summed E-state index contributed by atoms with van der Waals surface area (Å²) in [5.74, 6) is -0.773. The Morgan fingerprint density at radius 1 is 1.30 bits per heavy atom. The molecule has 0 radical (unpaired) electrons. The molecule has 1 saturated heterocycles. The second kappa shape index (κ2) is 7.34. The number of nitro groups is 1. The molecular weight excluding hydrogens is 306 g/mol. The number of carbonyl (C=O) groups excluding carboxylic acids is 3. The third kappa shape index (κ3) is 4.50. The number of carbonyl (C=O) groups is 3. The molecule has 3 amide bonds. The van der Waals surface area contributed by atoms with E-state index in [1.807, 2.05) is 0 Å². The van der Waals surface area contributed by atoms with Crippen LogP contribution in [-0.4, -0.2) is 40.8 Å². The van der Waals surface area contributed by atoms with Crippen LogP contribution in [0.3, 0.4) is 0 Å². The first-order valence-electron chi connectivity index (χ1n) is 6.94. The van der Waals surface area contributed by atoms with Crippen molar-refractivity contribution in [2.75, 3.05) is 13.1 Å². The molecule has 1 fully saturated rings.